The van der Waals surface area contributed by atoms with Gasteiger partial charge in [-0.25, -0.2) is 0 Å². The minimum atomic E-state index is -0.325. The number of amides is 3. The Balaban J connectivity index is 1.27. The second-order valence-corrected chi connectivity index (χ2v) is 8.06. The van der Waals surface area contributed by atoms with E-state index >= 15 is 0 Å². The Bertz CT molecular complexity index is 1020. The minimum Gasteiger partial charge on any atom is -0.490 e. The molecular weight excluding hydrogens is 396 g/mol. The molecule has 0 aliphatic carbocycles. The van der Waals surface area contributed by atoms with Gasteiger partial charge in [-0.3, -0.25) is 19.3 Å². The number of benzene rings is 2. The normalized spacial score (nSPS) is 20.1. The number of ether oxygens (including phenoxy) is 2. The van der Waals surface area contributed by atoms with Gasteiger partial charge >= 0.3 is 0 Å². The monoisotopic (exact) mass is 420 g/mol. The molecule has 0 saturated carbocycles. The second-order valence-electron chi connectivity index (χ2n) is 8.06. The van der Waals surface area contributed by atoms with Gasteiger partial charge in [-0.2, -0.15) is 0 Å². The third-order valence-corrected chi connectivity index (χ3v) is 6.16. The molecule has 3 amide bonds. The van der Waals surface area contributed by atoms with Gasteiger partial charge in [0.1, 0.15) is 0 Å². The van der Waals surface area contributed by atoms with Crippen molar-refractivity contribution in [3.05, 3.63) is 59.2 Å². The first-order valence-electron chi connectivity index (χ1n) is 10.8. The van der Waals surface area contributed by atoms with Gasteiger partial charge in [-0.15, -0.1) is 0 Å². The van der Waals surface area contributed by atoms with Crippen molar-refractivity contribution in [3.8, 4) is 11.5 Å². The third kappa shape index (κ3) is 3.54. The van der Waals surface area contributed by atoms with E-state index in [9.17, 15) is 14.4 Å². The van der Waals surface area contributed by atoms with Gasteiger partial charge in [0.2, 0.25) is 5.91 Å². The van der Waals surface area contributed by atoms with E-state index in [0.717, 1.165) is 36.3 Å². The lowest BCUT2D eigenvalue weighted by Gasteiger charge is -2.26. The zero-order valence-electron chi connectivity index (χ0n) is 17.2. The van der Waals surface area contributed by atoms with Gasteiger partial charge in [0.05, 0.1) is 30.4 Å². The molecule has 0 spiro atoms. The van der Waals surface area contributed by atoms with Crippen LogP contribution in [0.1, 0.15) is 58.0 Å². The van der Waals surface area contributed by atoms with E-state index in [2.05, 4.69) is 0 Å². The predicted molar refractivity (Wildman–Crippen MR) is 112 cm³/mol. The van der Waals surface area contributed by atoms with Crippen LogP contribution in [0.3, 0.4) is 0 Å². The van der Waals surface area contributed by atoms with Crippen molar-refractivity contribution in [2.45, 2.75) is 31.7 Å². The summed E-state index contributed by atoms with van der Waals surface area (Å²) >= 11 is 0. The average molecular weight is 420 g/mol. The first-order chi connectivity index (χ1) is 15.1. The SMILES string of the molecule is O=C1c2ccccc2C(=O)N1CCC(=O)N1CCC[C@H]1c1ccc2c(c1)OCCCO2. The molecule has 3 heterocycles. The van der Waals surface area contributed by atoms with Crippen LogP contribution in [0.25, 0.3) is 0 Å². The standard InChI is InChI=1S/C24H24N2O5/c27-22(10-12-26-23(28)17-5-1-2-6-18(17)24(26)29)25-11-3-7-19(25)16-8-9-20-21(15-16)31-14-4-13-30-20/h1-2,5-6,8-9,15,19H,3-4,7,10-14H2/t19-/m0/s1. The van der Waals surface area contributed by atoms with Gasteiger partial charge in [0.25, 0.3) is 11.8 Å². The van der Waals surface area contributed by atoms with Crippen LogP contribution >= 0.6 is 0 Å². The summed E-state index contributed by atoms with van der Waals surface area (Å²) in [6, 6.07) is 12.6. The molecule has 5 rings (SSSR count). The summed E-state index contributed by atoms with van der Waals surface area (Å²) in [4.78, 5) is 41.2. The lowest BCUT2D eigenvalue weighted by atomic mass is 10.0. The van der Waals surface area contributed by atoms with Crippen LogP contribution in [0.4, 0.5) is 0 Å². The van der Waals surface area contributed by atoms with Gasteiger partial charge in [0, 0.05) is 25.9 Å². The van der Waals surface area contributed by atoms with Crippen LogP contribution in [0, 0.1) is 0 Å². The molecule has 7 nitrogen and oxygen atoms in total. The van der Waals surface area contributed by atoms with Crippen molar-refractivity contribution in [2.24, 2.45) is 0 Å². The van der Waals surface area contributed by atoms with Gasteiger partial charge in [0.15, 0.2) is 11.5 Å². The van der Waals surface area contributed by atoms with Crippen LogP contribution < -0.4 is 9.47 Å². The molecule has 0 aromatic heterocycles. The van der Waals surface area contributed by atoms with Crippen molar-refractivity contribution in [2.75, 3.05) is 26.3 Å². The largest absolute Gasteiger partial charge is 0.490 e. The predicted octanol–water partition coefficient (Wildman–Crippen LogP) is 3.20. The van der Waals surface area contributed by atoms with Crippen molar-refractivity contribution in [1.82, 2.24) is 9.80 Å². The summed E-state index contributed by atoms with van der Waals surface area (Å²) in [6.07, 6.45) is 2.75. The van der Waals surface area contributed by atoms with E-state index in [1.54, 1.807) is 24.3 Å². The molecule has 0 radical (unpaired) electrons. The third-order valence-electron chi connectivity index (χ3n) is 6.16. The molecule has 3 aliphatic rings. The fraction of sp³-hybridized carbons (Fsp3) is 0.375. The Morgan fingerprint density at radius 1 is 0.935 bits per heavy atom. The highest BCUT2D eigenvalue weighted by Gasteiger charge is 2.36. The highest BCUT2D eigenvalue weighted by molar-refractivity contribution is 6.21. The lowest BCUT2D eigenvalue weighted by molar-refractivity contribution is -0.132. The Hall–Kier alpha value is -3.35. The second kappa shape index (κ2) is 8.06. The number of imide groups is 1. The zero-order chi connectivity index (χ0) is 21.4. The first-order valence-corrected chi connectivity index (χ1v) is 10.8. The highest BCUT2D eigenvalue weighted by atomic mass is 16.5. The van der Waals surface area contributed by atoms with E-state index in [-0.39, 0.29) is 36.7 Å². The van der Waals surface area contributed by atoms with E-state index in [0.29, 0.717) is 30.9 Å². The number of carbonyl (C=O) groups is 3. The maximum atomic E-state index is 13.0. The summed E-state index contributed by atoms with van der Waals surface area (Å²) in [5, 5.41) is 0. The highest BCUT2D eigenvalue weighted by Crippen LogP contribution is 2.38. The van der Waals surface area contributed by atoms with Gasteiger partial charge < -0.3 is 14.4 Å². The van der Waals surface area contributed by atoms with Crippen molar-refractivity contribution in [1.29, 1.82) is 0 Å². The molecule has 2 aromatic rings. The van der Waals surface area contributed by atoms with Crippen molar-refractivity contribution >= 4 is 17.7 Å². The summed E-state index contributed by atoms with van der Waals surface area (Å²) in [6.45, 7) is 2.01. The number of hydrogen-bond acceptors (Lipinski definition) is 5. The topological polar surface area (TPSA) is 76.2 Å². The molecule has 0 bridgehead atoms. The molecule has 0 unspecified atom stereocenters. The number of hydrogen-bond donors (Lipinski definition) is 0. The van der Waals surface area contributed by atoms with Crippen LogP contribution in [0.15, 0.2) is 42.5 Å². The summed E-state index contributed by atoms with van der Waals surface area (Å²) in [5.74, 6) is 0.762. The van der Waals surface area contributed by atoms with Crippen molar-refractivity contribution in [3.63, 3.8) is 0 Å². The first kappa shape index (κ1) is 19.6. The van der Waals surface area contributed by atoms with Gasteiger partial charge in [-0.05, 0) is 42.7 Å². The summed E-state index contributed by atoms with van der Waals surface area (Å²) in [5.41, 5.74) is 1.84. The van der Waals surface area contributed by atoms with Crippen molar-refractivity contribution < 1.29 is 23.9 Å². The fourth-order valence-electron chi connectivity index (χ4n) is 4.59. The molecule has 1 atom stereocenters. The van der Waals surface area contributed by atoms with Gasteiger partial charge in [-0.1, -0.05) is 18.2 Å². The summed E-state index contributed by atoms with van der Waals surface area (Å²) in [7, 11) is 0. The van der Waals surface area contributed by atoms with E-state index in [1.165, 1.54) is 4.90 Å². The van der Waals surface area contributed by atoms with E-state index in [4.69, 9.17) is 9.47 Å². The Morgan fingerprint density at radius 2 is 1.65 bits per heavy atom. The quantitative estimate of drug-likeness (QED) is 0.710. The number of carbonyl (C=O) groups excluding carboxylic acids is 3. The molecular formula is C24H24N2O5. The van der Waals surface area contributed by atoms with Crippen LogP contribution in [-0.4, -0.2) is 53.8 Å². The number of nitrogens with zero attached hydrogens (tertiary/aromatic N) is 2. The molecule has 0 N–H and O–H groups in total. The maximum Gasteiger partial charge on any atom is 0.261 e. The molecule has 160 valence electrons. The van der Waals surface area contributed by atoms with Crippen LogP contribution in [0.5, 0.6) is 11.5 Å². The van der Waals surface area contributed by atoms with E-state index in [1.807, 2.05) is 23.1 Å². The molecule has 7 heteroatoms. The smallest absolute Gasteiger partial charge is 0.261 e. The number of rotatable bonds is 4. The summed E-state index contributed by atoms with van der Waals surface area (Å²) < 4.78 is 11.5. The molecule has 3 aliphatic heterocycles. The average Bonchev–Trinajstić information content (AvgIpc) is 3.28. The maximum absolute atomic E-state index is 13.0. The van der Waals surface area contributed by atoms with Crippen LogP contribution in [0.2, 0.25) is 0 Å². The minimum absolute atomic E-state index is 0.0353. The molecule has 1 fully saturated rings. The van der Waals surface area contributed by atoms with E-state index < -0.39 is 0 Å². The fourth-order valence-corrected chi connectivity index (χ4v) is 4.59. The molecule has 31 heavy (non-hydrogen) atoms. The Morgan fingerprint density at radius 3 is 2.39 bits per heavy atom. The molecule has 1 saturated heterocycles. The number of fused-ring (bicyclic) bond motifs is 2. The Kier molecular flexibility index (Phi) is 5.10. The van der Waals surface area contributed by atoms with Crippen LogP contribution in [-0.2, 0) is 4.79 Å². The number of likely N-dealkylation sites (tertiary alicyclic amines) is 1. The molecule has 2 aromatic carbocycles. The Labute approximate surface area is 180 Å². The lowest BCUT2D eigenvalue weighted by Crippen LogP contribution is -2.36. The zero-order valence-corrected chi connectivity index (χ0v) is 17.2.